The van der Waals surface area contributed by atoms with E-state index in [0.717, 1.165) is 6.42 Å². The van der Waals surface area contributed by atoms with Gasteiger partial charge in [0.1, 0.15) is 0 Å². The topological polar surface area (TPSA) is 12.4 Å². The van der Waals surface area contributed by atoms with E-state index in [1.54, 1.807) is 0 Å². The second-order valence-corrected chi connectivity index (χ2v) is 4.74. The highest BCUT2D eigenvalue weighted by molar-refractivity contribution is 8.02. The summed E-state index contributed by atoms with van der Waals surface area (Å²) in [4.78, 5) is 1.33. The molecule has 0 amide bonds. The second kappa shape index (κ2) is 3.29. The van der Waals surface area contributed by atoms with E-state index >= 15 is 0 Å². The fraction of sp³-hybridized carbons (Fsp3) is 0.556. The summed E-state index contributed by atoms with van der Waals surface area (Å²) >= 11 is 1.53. The molecule has 0 saturated heterocycles. The van der Waals surface area contributed by atoms with Gasteiger partial charge in [0.25, 0.3) is 0 Å². The lowest BCUT2D eigenvalue weighted by molar-refractivity contribution is 0.417. The predicted octanol–water partition coefficient (Wildman–Crippen LogP) is 3.19. The van der Waals surface area contributed by atoms with Crippen LogP contribution in [0.3, 0.4) is 0 Å². The zero-order valence-electron chi connectivity index (χ0n) is 7.22. The molecule has 0 aromatic carbocycles. The van der Waals surface area contributed by atoms with Gasteiger partial charge in [0.05, 0.1) is 0 Å². The molecule has 2 heteroatoms. The van der Waals surface area contributed by atoms with E-state index in [-0.39, 0.29) is 0 Å². The third-order valence-electron chi connectivity index (χ3n) is 1.26. The Hall–Kier alpha value is -0.460. The molecule has 0 radical (unpaired) electrons. The molecule has 60 valence electrons. The van der Waals surface area contributed by atoms with Crippen LogP contribution in [0.1, 0.15) is 27.2 Å². The third kappa shape index (κ3) is 3.45. The average molecular weight is 167 g/mol. The van der Waals surface area contributed by atoms with Crippen molar-refractivity contribution in [3.63, 3.8) is 0 Å². The van der Waals surface area contributed by atoms with Gasteiger partial charge >= 0.3 is 0 Å². The Labute approximate surface area is 72.4 Å². The van der Waals surface area contributed by atoms with Gasteiger partial charge in [-0.2, -0.15) is 4.40 Å². The van der Waals surface area contributed by atoms with Gasteiger partial charge in [0, 0.05) is 22.9 Å². The van der Waals surface area contributed by atoms with Gasteiger partial charge in [-0.05, 0) is 23.8 Å². The maximum absolute atomic E-state index is 3.99. The number of allylic oxidation sites excluding steroid dienone is 3. The van der Waals surface area contributed by atoms with Gasteiger partial charge in [-0.15, -0.1) is 0 Å². The molecule has 0 spiro atoms. The van der Waals surface area contributed by atoms with Crippen LogP contribution in [0.5, 0.6) is 0 Å². The lowest BCUT2D eigenvalue weighted by Crippen LogP contribution is -2.04. The highest BCUT2D eigenvalue weighted by Crippen LogP contribution is 2.31. The Morgan fingerprint density at radius 2 is 2.27 bits per heavy atom. The second-order valence-electron chi connectivity index (χ2n) is 3.85. The average Bonchev–Trinajstić information content (AvgIpc) is 1.85. The van der Waals surface area contributed by atoms with Gasteiger partial charge in [-0.1, -0.05) is 20.8 Å². The fourth-order valence-corrected chi connectivity index (χ4v) is 1.75. The monoisotopic (exact) mass is 167 g/mol. The number of nitrogens with zero attached hydrogens (tertiary/aromatic N) is 1. The summed E-state index contributed by atoms with van der Waals surface area (Å²) in [5.74, 6) is 2.79. The van der Waals surface area contributed by atoms with Crippen LogP contribution in [0.4, 0.5) is 0 Å². The van der Waals surface area contributed by atoms with Crippen molar-refractivity contribution in [3.8, 4) is 0 Å². The molecule has 1 aliphatic heterocycles. The van der Waals surface area contributed by atoms with E-state index in [1.807, 2.05) is 6.08 Å². The minimum Gasteiger partial charge on any atom is -0.168 e. The first-order chi connectivity index (χ1) is 5.08. The molecule has 0 aromatic heterocycles. The largest absolute Gasteiger partial charge is 0.168 e. The molecule has 0 N–H and O–H groups in total. The van der Waals surface area contributed by atoms with Crippen LogP contribution in [-0.4, -0.2) is 5.87 Å². The first-order valence-corrected chi connectivity index (χ1v) is 4.50. The molecular weight excluding hydrogens is 154 g/mol. The van der Waals surface area contributed by atoms with Gasteiger partial charge in [-0.25, -0.2) is 0 Å². The minimum absolute atomic E-state index is 0.361. The number of hydrogen-bond donors (Lipinski definition) is 0. The summed E-state index contributed by atoms with van der Waals surface area (Å²) in [7, 11) is 0. The molecular formula is C9H13NS. The molecule has 1 nitrogen and oxygen atoms in total. The molecule has 0 aliphatic carbocycles. The van der Waals surface area contributed by atoms with Crippen molar-refractivity contribution in [2.45, 2.75) is 27.2 Å². The predicted molar refractivity (Wildman–Crippen MR) is 51.8 cm³/mol. The van der Waals surface area contributed by atoms with Gasteiger partial charge in [0.2, 0.25) is 0 Å². The van der Waals surface area contributed by atoms with E-state index in [9.17, 15) is 0 Å². The first-order valence-electron chi connectivity index (χ1n) is 3.73. The summed E-state index contributed by atoms with van der Waals surface area (Å²) in [6.45, 7) is 6.70. The van der Waals surface area contributed by atoms with Gasteiger partial charge < -0.3 is 0 Å². The summed E-state index contributed by atoms with van der Waals surface area (Å²) in [5, 5.41) is 0. The molecule has 0 atom stereocenters. The molecule has 0 fully saturated rings. The van der Waals surface area contributed by atoms with Crippen molar-refractivity contribution in [1.82, 2.24) is 0 Å². The van der Waals surface area contributed by atoms with Crippen molar-refractivity contribution in [1.29, 1.82) is 0 Å². The van der Waals surface area contributed by atoms with Crippen LogP contribution in [0.25, 0.3) is 0 Å². The van der Waals surface area contributed by atoms with E-state index in [2.05, 4.69) is 37.1 Å². The minimum atomic E-state index is 0.361. The SMILES string of the molecule is CC(C)(C)CC1=CC=C=NS1. The summed E-state index contributed by atoms with van der Waals surface area (Å²) in [5.41, 5.74) is 0.361. The van der Waals surface area contributed by atoms with Crippen LogP contribution in [0.15, 0.2) is 21.5 Å². The Bertz CT molecular complexity index is 226. The van der Waals surface area contributed by atoms with Crippen molar-refractivity contribution >= 4 is 17.8 Å². The van der Waals surface area contributed by atoms with Crippen molar-refractivity contribution < 1.29 is 0 Å². The normalized spacial score (nSPS) is 16.8. The van der Waals surface area contributed by atoms with Crippen LogP contribution < -0.4 is 0 Å². The molecule has 0 unspecified atom stereocenters. The van der Waals surface area contributed by atoms with E-state index in [1.165, 1.54) is 16.9 Å². The molecule has 1 rings (SSSR count). The summed E-state index contributed by atoms with van der Waals surface area (Å²) < 4.78 is 3.99. The smallest absolute Gasteiger partial charge is 0.0163 e. The molecule has 1 heterocycles. The summed E-state index contributed by atoms with van der Waals surface area (Å²) in [6, 6.07) is 0. The fourth-order valence-electron chi connectivity index (χ4n) is 0.890. The van der Waals surface area contributed by atoms with E-state index in [4.69, 9.17) is 0 Å². The maximum atomic E-state index is 3.99. The van der Waals surface area contributed by atoms with E-state index in [0.29, 0.717) is 5.41 Å². The Morgan fingerprint density at radius 1 is 1.55 bits per heavy atom. The van der Waals surface area contributed by atoms with Crippen LogP contribution >= 0.6 is 11.9 Å². The zero-order valence-corrected chi connectivity index (χ0v) is 8.03. The molecule has 0 aromatic rings. The number of rotatable bonds is 1. The molecule has 0 bridgehead atoms. The maximum Gasteiger partial charge on any atom is 0.0163 e. The first kappa shape index (κ1) is 8.63. The highest BCUT2D eigenvalue weighted by atomic mass is 32.2. The summed E-state index contributed by atoms with van der Waals surface area (Å²) in [6.07, 6.45) is 5.06. The Balaban J connectivity index is 2.53. The Morgan fingerprint density at radius 3 is 2.73 bits per heavy atom. The molecule has 0 saturated carbocycles. The van der Waals surface area contributed by atoms with E-state index < -0.39 is 0 Å². The van der Waals surface area contributed by atoms with Crippen LogP contribution in [-0.2, 0) is 0 Å². The Kier molecular flexibility index (Phi) is 2.58. The van der Waals surface area contributed by atoms with Gasteiger partial charge in [0.15, 0.2) is 0 Å². The van der Waals surface area contributed by atoms with Crippen molar-refractivity contribution in [3.05, 3.63) is 17.1 Å². The van der Waals surface area contributed by atoms with Crippen LogP contribution in [0.2, 0.25) is 0 Å². The van der Waals surface area contributed by atoms with Gasteiger partial charge in [-0.3, -0.25) is 0 Å². The number of hydrogen-bond acceptors (Lipinski definition) is 2. The lowest BCUT2D eigenvalue weighted by Gasteiger charge is -2.18. The van der Waals surface area contributed by atoms with Crippen molar-refractivity contribution in [2.75, 3.05) is 0 Å². The molecule has 11 heavy (non-hydrogen) atoms. The standard InChI is InChI=1S/C9H13NS/c1-9(2,3)7-8-5-4-6-10-11-8/h4-5H,7H2,1-3H3. The quantitative estimate of drug-likeness (QED) is 0.546. The highest BCUT2D eigenvalue weighted by Gasteiger charge is 2.13. The van der Waals surface area contributed by atoms with Crippen LogP contribution in [0, 0.1) is 5.41 Å². The zero-order chi connectivity index (χ0) is 8.32. The third-order valence-corrected chi connectivity index (χ3v) is 1.98. The molecule has 1 aliphatic rings. The van der Waals surface area contributed by atoms with Crippen molar-refractivity contribution in [2.24, 2.45) is 9.81 Å². The lowest BCUT2D eigenvalue weighted by atomic mass is 9.92.